The van der Waals surface area contributed by atoms with Crippen LogP contribution in [0, 0.1) is 0 Å². The second-order valence-corrected chi connectivity index (χ2v) is 11.8. The third kappa shape index (κ3) is 29.6. The van der Waals surface area contributed by atoms with Crippen LogP contribution in [0.5, 0.6) is 0 Å². The van der Waals surface area contributed by atoms with Crippen molar-refractivity contribution < 1.29 is 28.6 Å². The van der Waals surface area contributed by atoms with Crippen LogP contribution >= 0.6 is 0 Å². The first-order valence-corrected chi connectivity index (χ1v) is 17.7. The van der Waals surface area contributed by atoms with Crippen molar-refractivity contribution in [3.05, 3.63) is 12.2 Å². The van der Waals surface area contributed by atoms with Gasteiger partial charge in [0, 0.05) is 19.3 Å². The van der Waals surface area contributed by atoms with Gasteiger partial charge in [0.1, 0.15) is 13.2 Å². The maximum atomic E-state index is 12.5. The van der Waals surface area contributed by atoms with E-state index in [1.54, 1.807) is 0 Å². The summed E-state index contributed by atoms with van der Waals surface area (Å²) in [5, 5.41) is 0. The van der Waals surface area contributed by atoms with Crippen molar-refractivity contribution in [1.82, 2.24) is 0 Å². The molecule has 0 radical (unpaired) electrons. The minimum absolute atomic E-state index is 0.0718. The zero-order chi connectivity index (χ0) is 30.9. The Hall–Kier alpha value is -1.85. The van der Waals surface area contributed by atoms with Crippen LogP contribution in [0.2, 0.25) is 0 Å². The van der Waals surface area contributed by atoms with Gasteiger partial charge >= 0.3 is 17.9 Å². The van der Waals surface area contributed by atoms with Crippen molar-refractivity contribution in [1.29, 1.82) is 0 Å². The van der Waals surface area contributed by atoms with E-state index in [4.69, 9.17) is 14.2 Å². The van der Waals surface area contributed by atoms with Gasteiger partial charge in [-0.2, -0.15) is 0 Å². The van der Waals surface area contributed by atoms with E-state index in [0.29, 0.717) is 19.3 Å². The fourth-order valence-corrected chi connectivity index (χ4v) is 4.77. The smallest absolute Gasteiger partial charge is 0.306 e. The molecule has 0 aliphatic carbocycles. The first-order valence-electron chi connectivity index (χ1n) is 17.7. The van der Waals surface area contributed by atoms with Gasteiger partial charge in [-0.1, -0.05) is 136 Å². The predicted octanol–water partition coefficient (Wildman–Crippen LogP) is 10.4. The molecule has 0 saturated heterocycles. The number of carbonyl (C=O) groups excluding carboxylic acids is 3. The van der Waals surface area contributed by atoms with E-state index in [-0.39, 0.29) is 31.1 Å². The monoisotopic (exact) mass is 594 g/mol. The minimum atomic E-state index is -0.759. The van der Waals surface area contributed by atoms with Crippen LogP contribution in [0.15, 0.2) is 12.2 Å². The van der Waals surface area contributed by atoms with Gasteiger partial charge in [-0.25, -0.2) is 0 Å². The highest BCUT2D eigenvalue weighted by Gasteiger charge is 2.19. The lowest BCUT2D eigenvalue weighted by Crippen LogP contribution is -2.30. The first kappa shape index (κ1) is 40.1. The second kappa shape index (κ2) is 32.1. The van der Waals surface area contributed by atoms with E-state index in [2.05, 4.69) is 32.9 Å². The van der Waals surface area contributed by atoms with E-state index in [9.17, 15) is 14.4 Å². The van der Waals surface area contributed by atoms with Gasteiger partial charge in [0.2, 0.25) is 0 Å². The quantitative estimate of drug-likeness (QED) is 0.0344. The Labute approximate surface area is 259 Å². The normalized spacial score (nSPS) is 12.0. The highest BCUT2D eigenvalue weighted by molar-refractivity contribution is 5.71. The topological polar surface area (TPSA) is 78.9 Å². The van der Waals surface area contributed by atoms with Gasteiger partial charge in [0.15, 0.2) is 6.10 Å². The summed E-state index contributed by atoms with van der Waals surface area (Å²) >= 11 is 0. The zero-order valence-corrected chi connectivity index (χ0v) is 27.8. The van der Waals surface area contributed by atoms with Crippen LogP contribution in [0.4, 0.5) is 0 Å². The van der Waals surface area contributed by atoms with E-state index in [0.717, 1.165) is 64.2 Å². The molecule has 246 valence electrons. The SMILES string of the molecule is CCCC/C=C\CCCCCCCC(=O)OCC(COC(=O)CCCCCCCC)OC(=O)CCCCCCCCC. The number of ether oxygens (including phenoxy) is 3. The first-order chi connectivity index (χ1) is 20.5. The lowest BCUT2D eigenvalue weighted by atomic mass is 10.1. The molecule has 0 saturated carbocycles. The number of hydrogen-bond acceptors (Lipinski definition) is 6. The number of allylic oxidation sites excluding steroid dienone is 2. The Bertz CT molecular complexity index is 659. The summed E-state index contributed by atoms with van der Waals surface area (Å²) in [5.74, 6) is -0.904. The number of hydrogen-bond donors (Lipinski definition) is 0. The summed E-state index contributed by atoms with van der Waals surface area (Å²) in [6.07, 6.45) is 29.4. The lowest BCUT2D eigenvalue weighted by molar-refractivity contribution is -0.167. The van der Waals surface area contributed by atoms with Crippen molar-refractivity contribution in [3.8, 4) is 0 Å². The van der Waals surface area contributed by atoms with Crippen molar-refractivity contribution in [3.63, 3.8) is 0 Å². The maximum absolute atomic E-state index is 12.5. The molecule has 1 unspecified atom stereocenters. The molecule has 1 atom stereocenters. The summed E-state index contributed by atoms with van der Waals surface area (Å²) in [4.78, 5) is 37.0. The molecular formula is C36H66O6. The van der Waals surface area contributed by atoms with Crippen LogP contribution in [0.3, 0.4) is 0 Å². The molecule has 0 aliphatic rings. The minimum Gasteiger partial charge on any atom is -0.462 e. The Morgan fingerprint density at radius 3 is 1.26 bits per heavy atom. The third-order valence-corrected chi connectivity index (χ3v) is 7.52. The highest BCUT2D eigenvalue weighted by Crippen LogP contribution is 2.12. The maximum Gasteiger partial charge on any atom is 0.306 e. The second-order valence-electron chi connectivity index (χ2n) is 11.8. The average molecular weight is 595 g/mol. The summed E-state index contributed by atoms with van der Waals surface area (Å²) in [6.45, 7) is 6.45. The van der Waals surface area contributed by atoms with E-state index < -0.39 is 6.10 Å². The molecule has 0 N–H and O–H groups in total. The van der Waals surface area contributed by atoms with Crippen molar-refractivity contribution in [2.45, 2.75) is 187 Å². The number of unbranched alkanes of at least 4 members (excludes halogenated alkanes) is 18. The lowest BCUT2D eigenvalue weighted by Gasteiger charge is -2.18. The Morgan fingerprint density at radius 1 is 0.452 bits per heavy atom. The van der Waals surface area contributed by atoms with Crippen LogP contribution in [0.1, 0.15) is 181 Å². The molecule has 6 nitrogen and oxygen atoms in total. The fraction of sp³-hybridized carbons (Fsp3) is 0.861. The number of carbonyl (C=O) groups is 3. The summed E-state index contributed by atoms with van der Waals surface area (Å²) in [6, 6.07) is 0. The Morgan fingerprint density at radius 2 is 0.810 bits per heavy atom. The molecule has 0 aromatic heterocycles. The molecular weight excluding hydrogens is 528 g/mol. The molecule has 0 spiro atoms. The zero-order valence-electron chi connectivity index (χ0n) is 27.8. The van der Waals surface area contributed by atoms with Gasteiger partial charge in [-0.15, -0.1) is 0 Å². The van der Waals surface area contributed by atoms with Gasteiger partial charge < -0.3 is 14.2 Å². The average Bonchev–Trinajstić information content (AvgIpc) is 2.98. The van der Waals surface area contributed by atoms with Gasteiger partial charge in [0.25, 0.3) is 0 Å². The van der Waals surface area contributed by atoms with Crippen LogP contribution in [-0.4, -0.2) is 37.2 Å². The van der Waals surface area contributed by atoms with E-state index in [1.807, 2.05) is 0 Å². The molecule has 0 aromatic rings. The Kier molecular flexibility index (Phi) is 30.7. The molecule has 0 aromatic carbocycles. The standard InChI is InChI=1S/C36H66O6/c1-4-7-10-13-16-17-18-19-21-23-26-29-35(38)41-32-33(31-40-34(37)28-25-22-15-12-9-6-3)42-36(39)30-27-24-20-14-11-8-5-2/h13,16,33H,4-12,14-15,17-32H2,1-3H3/b16-13-. The summed E-state index contributed by atoms with van der Waals surface area (Å²) in [7, 11) is 0. The molecule has 0 heterocycles. The molecule has 0 bridgehead atoms. The van der Waals surface area contributed by atoms with Gasteiger partial charge in [0.05, 0.1) is 0 Å². The Balaban J connectivity index is 4.32. The van der Waals surface area contributed by atoms with Crippen LogP contribution in [0.25, 0.3) is 0 Å². The number of rotatable bonds is 31. The summed E-state index contributed by atoms with van der Waals surface area (Å²) < 4.78 is 16.4. The fourth-order valence-electron chi connectivity index (χ4n) is 4.77. The molecule has 0 amide bonds. The number of esters is 3. The van der Waals surface area contributed by atoms with Crippen molar-refractivity contribution >= 4 is 17.9 Å². The van der Waals surface area contributed by atoms with Crippen LogP contribution < -0.4 is 0 Å². The molecule has 0 aliphatic heterocycles. The van der Waals surface area contributed by atoms with Crippen molar-refractivity contribution in [2.75, 3.05) is 13.2 Å². The van der Waals surface area contributed by atoms with Crippen LogP contribution in [-0.2, 0) is 28.6 Å². The molecule has 6 heteroatoms. The van der Waals surface area contributed by atoms with E-state index in [1.165, 1.54) is 77.0 Å². The molecule has 42 heavy (non-hydrogen) atoms. The van der Waals surface area contributed by atoms with E-state index >= 15 is 0 Å². The van der Waals surface area contributed by atoms with Crippen molar-refractivity contribution in [2.24, 2.45) is 0 Å². The van der Waals surface area contributed by atoms with Gasteiger partial charge in [-0.3, -0.25) is 14.4 Å². The predicted molar refractivity (Wildman–Crippen MR) is 173 cm³/mol. The largest absolute Gasteiger partial charge is 0.462 e. The van der Waals surface area contributed by atoms with Gasteiger partial charge in [-0.05, 0) is 38.5 Å². The summed E-state index contributed by atoms with van der Waals surface area (Å²) in [5.41, 5.74) is 0. The highest BCUT2D eigenvalue weighted by atomic mass is 16.6. The molecule has 0 fully saturated rings. The third-order valence-electron chi connectivity index (χ3n) is 7.52. The molecule has 0 rings (SSSR count).